The van der Waals surface area contributed by atoms with Crippen LogP contribution in [-0.4, -0.2) is 72.5 Å². The molecule has 0 amide bonds. The van der Waals surface area contributed by atoms with Crippen molar-refractivity contribution >= 4 is 34.7 Å². The van der Waals surface area contributed by atoms with E-state index >= 15 is 0 Å². The second-order valence-electron chi connectivity index (χ2n) is 8.58. The summed E-state index contributed by atoms with van der Waals surface area (Å²) in [6.07, 6.45) is 2.07. The van der Waals surface area contributed by atoms with Gasteiger partial charge in [-0.2, -0.15) is 9.97 Å². The summed E-state index contributed by atoms with van der Waals surface area (Å²) in [7, 11) is 0. The lowest BCUT2D eigenvalue weighted by Gasteiger charge is -2.26. The van der Waals surface area contributed by atoms with Gasteiger partial charge >= 0.3 is 6.01 Å². The van der Waals surface area contributed by atoms with Gasteiger partial charge in [-0.1, -0.05) is 31.5 Å². The second kappa shape index (κ2) is 13.4. The highest BCUT2D eigenvalue weighted by molar-refractivity contribution is 7.80. The topological polar surface area (TPSA) is 74.8 Å². The summed E-state index contributed by atoms with van der Waals surface area (Å²) in [6.45, 7) is 15.1. The van der Waals surface area contributed by atoms with Crippen molar-refractivity contribution in [1.82, 2.24) is 14.9 Å². The SMILES string of the molecule is CCCN(CCC)c1cc(NC(=S)Nc2ccc(C)cc2C)nc(OCCN2CCOCC2)n1. The van der Waals surface area contributed by atoms with Crippen LogP contribution in [-0.2, 0) is 4.74 Å². The molecule has 9 heteroatoms. The molecule has 2 aromatic rings. The maximum atomic E-state index is 5.99. The number of hydrogen-bond donors (Lipinski definition) is 2. The molecule has 0 bridgehead atoms. The first-order valence-electron chi connectivity index (χ1n) is 12.2. The Morgan fingerprint density at radius 1 is 1.09 bits per heavy atom. The van der Waals surface area contributed by atoms with Crippen LogP contribution in [0.3, 0.4) is 0 Å². The van der Waals surface area contributed by atoms with Crippen molar-refractivity contribution in [1.29, 1.82) is 0 Å². The van der Waals surface area contributed by atoms with E-state index in [1.807, 2.05) is 12.1 Å². The first-order chi connectivity index (χ1) is 16.5. The zero-order valence-electron chi connectivity index (χ0n) is 20.9. The highest BCUT2D eigenvalue weighted by Gasteiger charge is 2.15. The minimum absolute atomic E-state index is 0.361. The van der Waals surface area contributed by atoms with Gasteiger partial charge in [-0.3, -0.25) is 4.90 Å². The van der Waals surface area contributed by atoms with Crippen LogP contribution >= 0.6 is 12.2 Å². The molecule has 186 valence electrons. The molecule has 1 aromatic carbocycles. The average Bonchev–Trinajstić information content (AvgIpc) is 2.81. The van der Waals surface area contributed by atoms with Crippen molar-refractivity contribution in [3.8, 4) is 6.01 Å². The Balaban J connectivity index is 1.72. The number of anilines is 3. The molecule has 1 aromatic heterocycles. The van der Waals surface area contributed by atoms with Crippen molar-refractivity contribution in [3.05, 3.63) is 35.4 Å². The van der Waals surface area contributed by atoms with E-state index in [4.69, 9.17) is 26.7 Å². The van der Waals surface area contributed by atoms with E-state index in [-0.39, 0.29) is 0 Å². The number of morpholine rings is 1. The lowest BCUT2D eigenvalue weighted by Crippen LogP contribution is -2.38. The van der Waals surface area contributed by atoms with Gasteiger partial charge in [0.25, 0.3) is 0 Å². The van der Waals surface area contributed by atoms with Crippen molar-refractivity contribution in [2.75, 3.05) is 68.1 Å². The van der Waals surface area contributed by atoms with E-state index in [9.17, 15) is 0 Å². The second-order valence-corrected chi connectivity index (χ2v) is 8.99. The number of rotatable bonds is 11. The van der Waals surface area contributed by atoms with Crippen LogP contribution < -0.4 is 20.3 Å². The van der Waals surface area contributed by atoms with Crippen LogP contribution in [0.1, 0.15) is 37.8 Å². The molecule has 1 aliphatic rings. The standard InChI is InChI=1S/C25H38N6O2S/c1-5-9-31(10-6-2)23-18-22(28-25(34)26-21-8-7-19(3)17-20(21)4)27-24(29-23)33-16-13-30-11-14-32-15-12-30/h7-8,17-18H,5-6,9-16H2,1-4H3,(H2,26,27,28,29,34). The smallest absolute Gasteiger partial charge is 0.320 e. The van der Waals surface area contributed by atoms with E-state index in [1.54, 1.807) is 0 Å². The zero-order valence-corrected chi connectivity index (χ0v) is 21.7. The molecule has 1 saturated heterocycles. The Morgan fingerprint density at radius 2 is 1.82 bits per heavy atom. The van der Waals surface area contributed by atoms with Gasteiger partial charge < -0.3 is 25.0 Å². The van der Waals surface area contributed by atoms with Gasteiger partial charge in [0, 0.05) is 44.5 Å². The predicted molar refractivity (Wildman–Crippen MR) is 143 cm³/mol. The molecule has 2 N–H and O–H groups in total. The number of aromatic nitrogens is 2. The number of nitrogens with zero attached hydrogens (tertiary/aromatic N) is 4. The van der Waals surface area contributed by atoms with Gasteiger partial charge in [0.2, 0.25) is 0 Å². The number of nitrogens with one attached hydrogen (secondary N) is 2. The Bertz CT molecular complexity index is 930. The maximum Gasteiger partial charge on any atom is 0.320 e. The summed E-state index contributed by atoms with van der Waals surface area (Å²) < 4.78 is 11.4. The lowest BCUT2D eigenvalue weighted by atomic mass is 10.1. The molecule has 1 fully saturated rings. The zero-order chi connectivity index (χ0) is 24.3. The number of benzene rings is 1. The molecule has 0 atom stereocenters. The molecular formula is C25H38N6O2S. The van der Waals surface area contributed by atoms with Crippen molar-refractivity contribution in [2.24, 2.45) is 0 Å². The summed E-state index contributed by atoms with van der Waals surface area (Å²) in [5.41, 5.74) is 3.32. The third-order valence-electron chi connectivity index (χ3n) is 5.62. The van der Waals surface area contributed by atoms with E-state index in [1.165, 1.54) is 5.56 Å². The fourth-order valence-corrected chi connectivity index (χ4v) is 4.11. The third kappa shape index (κ3) is 8.07. The molecule has 0 radical (unpaired) electrons. The van der Waals surface area contributed by atoms with Crippen LogP contribution in [0.25, 0.3) is 0 Å². The van der Waals surface area contributed by atoms with Gasteiger partial charge in [0.1, 0.15) is 18.2 Å². The molecule has 2 heterocycles. The molecule has 0 spiro atoms. The monoisotopic (exact) mass is 486 g/mol. The normalized spacial score (nSPS) is 14.0. The molecule has 8 nitrogen and oxygen atoms in total. The Labute approximate surface area is 209 Å². The van der Waals surface area contributed by atoms with Crippen LogP contribution in [0.2, 0.25) is 0 Å². The highest BCUT2D eigenvalue weighted by atomic mass is 32.1. The Morgan fingerprint density at radius 3 is 2.50 bits per heavy atom. The van der Waals surface area contributed by atoms with Crippen LogP contribution in [0.5, 0.6) is 6.01 Å². The first-order valence-corrected chi connectivity index (χ1v) is 12.6. The van der Waals surface area contributed by atoms with Gasteiger partial charge in [0.15, 0.2) is 5.11 Å². The van der Waals surface area contributed by atoms with Gasteiger partial charge in [-0.05, 0) is 50.5 Å². The number of ether oxygens (including phenoxy) is 2. The van der Waals surface area contributed by atoms with Gasteiger partial charge in [-0.25, -0.2) is 0 Å². The highest BCUT2D eigenvalue weighted by Crippen LogP contribution is 2.21. The quantitative estimate of drug-likeness (QED) is 0.454. The number of thiocarbonyl (C=S) groups is 1. The Kier molecular flexibility index (Phi) is 10.3. The molecule has 1 aliphatic heterocycles. The maximum absolute atomic E-state index is 5.99. The van der Waals surface area contributed by atoms with E-state index < -0.39 is 0 Å². The first kappa shape index (κ1) is 26.1. The minimum atomic E-state index is 0.361. The number of aryl methyl sites for hydroxylation is 2. The average molecular weight is 487 g/mol. The van der Waals surface area contributed by atoms with Crippen molar-refractivity contribution in [2.45, 2.75) is 40.5 Å². The predicted octanol–water partition coefficient (Wildman–Crippen LogP) is 4.24. The summed E-state index contributed by atoms with van der Waals surface area (Å²) in [6, 6.07) is 8.53. The van der Waals surface area contributed by atoms with Crippen LogP contribution in [0.15, 0.2) is 24.3 Å². The lowest BCUT2D eigenvalue weighted by molar-refractivity contribution is 0.0317. The molecular weight excluding hydrogens is 448 g/mol. The van der Waals surface area contributed by atoms with Gasteiger partial charge in [-0.15, -0.1) is 0 Å². The molecule has 0 unspecified atom stereocenters. The molecule has 0 saturated carbocycles. The van der Waals surface area contributed by atoms with Crippen LogP contribution in [0.4, 0.5) is 17.3 Å². The Hall–Kier alpha value is -2.49. The van der Waals surface area contributed by atoms with E-state index in [2.05, 4.69) is 65.2 Å². The van der Waals surface area contributed by atoms with E-state index in [0.29, 0.717) is 23.5 Å². The fourth-order valence-electron chi connectivity index (χ4n) is 3.90. The van der Waals surface area contributed by atoms with E-state index in [0.717, 1.165) is 75.8 Å². The molecule has 3 rings (SSSR count). The van der Waals surface area contributed by atoms with Crippen molar-refractivity contribution < 1.29 is 9.47 Å². The molecule has 34 heavy (non-hydrogen) atoms. The minimum Gasteiger partial charge on any atom is -0.462 e. The summed E-state index contributed by atoms with van der Waals surface area (Å²) in [5, 5.41) is 6.99. The summed E-state index contributed by atoms with van der Waals surface area (Å²) in [4.78, 5) is 13.9. The van der Waals surface area contributed by atoms with Crippen molar-refractivity contribution in [3.63, 3.8) is 0 Å². The summed E-state index contributed by atoms with van der Waals surface area (Å²) >= 11 is 5.58. The number of hydrogen-bond acceptors (Lipinski definition) is 7. The van der Waals surface area contributed by atoms with Crippen LogP contribution in [0, 0.1) is 13.8 Å². The molecule has 0 aliphatic carbocycles. The largest absolute Gasteiger partial charge is 0.462 e. The fraction of sp³-hybridized carbons (Fsp3) is 0.560. The van der Waals surface area contributed by atoms with Gasteiger partial charge in [0.05, 0.1) is 13.2 Å². The third-order valence-corrected chi connectivity index (χ3v) is 5.82. The summed E-state index contributed by atoms with van der Waals surface area (Å²) in [5.74, 6) is 1.46.